The molecule has 0 aromatic heterocycles. The van der Waals surface area contributed by atoms with Gasteiger partial charge in [-0.1, -0.05) is 71.9 Å². The van der Waals surface area contributed by atoms with E-state index >= 15 is 0 Å². The second-order valence-electron chi connectivity index (χ2n) is 14.4. The molecule has 37 heavy (non-hydrogen) atoms. The van der Waals surface area contributed by atoms with Gasteiger partial charge in [0, 0.05) is 10.5 Å². The third kappa shape index (κ3) is 4.28. The number of ether oxygens (including phenoxy) is 2. The molecule has 4 bridgehead atoms. The first-order valence-electron chi connectivity index (χ1n) is 14.8. The lowest BCUT2D eigenvalue weighted by Gasteiger charge is -2.64. The van der Waals surface area contributed by atoms with E-state index in [4.69, 9.17) is 9.47 Å². The molecule has 1 N–H and O–H groups in total. The van der Waals surface area contributed by atoms with E-state index < -0.39 is 5.60 Å². The van der Waals surface area contributed by atoms with E-state index in [0.29, 0.717) is 51.8 Å². The number of benzene rings is 1. The summed E-state index contributed by atoms with van der Waals surface area (Å²) < 4.78 is 12.7. The lowest BCUT2D eigenvalue weighted by atomic mass is 9.45. The fourth-order valence-electron chi connectivity index (χ4n) is 8.99. The average molecular weight is 545 g/mol. The van der Waals surface area contributed by atoms with Gasteiger partial charge in [-0.05, 0) is 83.5 Å². The molecule has 206 valence electrons. The van der Waals surface area contributed by atoms with Gasteiger partial charge in [0.2, 0.25) is 0 Å². The normalized spacial score (nSPS) is 42.6. The smallest absolute Gasteiger partial charge is 0.146 e. The molecule has 7 aliphatic rings. The molecule has 7 fully saturated rings. The molecule has 6 saturated carbocycles. The molecule has 0 spiro atoms. The summed E-state index contributed by atoms with van der Waals surface area (Å²) >= 11 is 4.23. The maximum atomic E-state index is 12.7. The quantitative estimate of drug-likeness (QED) is 0.428. The van der Waals surface area contributed by atoms with Gasteiger partial charge in [-0.2, -0.15) is 0 Å². The van der Waals surface area contributed by atoms with Crippen molar-refractivity contribution in [3.8, 4) is 0 Å². The minimum Gasteiger partial charge on any atom is -0.383 e. The summed E-state index contributed by atoms with van der Waals surface area (Å²) in [5.41, 5.74) is 0.998. The van der Waals surface area contributed by atoms with E-state index in [1.54, 1.807) is 0 Å². The van der Waals surface area contributed by atoms with Gasteiger partial charge in [0.25, 0.3) is 0 Å². The summed E-state index contributed by atoms with van der Waals surface area (Å²) in [5.74, 6) is 4.17. The summed E-state index contributed by atoms with van der Waals surface area (Å²) in [6.45, 7) is 16.3. The van der Waals surface area contributed by atoms with Gasteiger partial charge < -0.3 is 14.6 Å². The van der Waals surface area contributed by atoms with Crippen LogP contribution in [0.15, 0.2) is 30.3 Å². The SMILES string of the molecule is CC(C)[C@@](O)(c1ccccc1)C1S[C@H]2C[C@H]3C[C@@H]([C@@H]2COCOC[C@@H]2[C@H](C[C@H]4C[C@@H]2C4(C)C)S1)C3(C)C. The summed E-state index contributed by atoms with van der Waals surface area (Å²) in [6, 6.07) is 10.6. The Hall–Kier alpha value is -0.200. The van der Waals surface area contributed by atoms with Crippen molar-refractivity contribution in [2.45, 2.75) is 87.9 Å². The number of rotatable bonds is 3. The van der Waals surface area contributed by atoms with Gasteiger partial charge >= 0.3 is 0 Å². The molecular weight excluding hydrogens is 496 g/mol. The van der Waals surface area contributed by atoms with Crippen molar-refractivity contribution in [2.75, 3.05) is 20.0 Å². The molecule has 1 aliphatic heterocycles. The summed E-state index contributed by atoms with van der Waals surface area (Å²) in [4.78, 5) is 0. The van der Waals surface area contributed by atoms with Crippen molar-refractivity contribution >= 4 is 23.5 Å². The van der Waals surface area contributed by atoms with E-state index in [9.17, 15) is 5.11 Å². The van der Waals surface area contributed by atoms with Gasteiger partial charge in [0.05, 0.1) is 17.8 Å². The Morgan fingerprint density at radius 2 is 1.30 bits per heavy atom. The molecule has 6 aliphatic carbocycles. The minimum absolute atomic E-state index is 0.0931. The summed E-state index contributed by atoms with van der Waals surface area (Å²) in [6.07, 6.45) is 5.17. The van der Waals surface area contributed by atoms with Crippen molar-refractivity contribution in [1.29, 1.82) is 0 Å². The van der Waals surface area contributed by atoms with Crippen molar-refractivity contribution in [1.82, 2.24) is 0 Å². The number of hydrogen-bond donors (Lipinski definition) is 1. The van der Waals surface area contributed by atoms with Crippen LogP contribution in [0, 0.1) is 52.3 Å². The van der Waals surface area contributed by atoms with Crippen LogP contribution in [0.3, 0.4) is 0 Å². The molecule has 0 unspecified atom stereocenters. The van der Waals surface area contributed by atoms with Gasteiger partial charge in [-0.25, -0.2) is 0 Å². The van der Waals surface area contributed by atoms with Crippen LogP contribution < -0.4 is 0 Å². The molecular formula is C32H48O3S2. The first kappa shape index (κ1) is 27.0. The fourth-order valence-corrected chi connectivity index (χ4v) is 13.6. The van der Waals surface area contributed by atoms with Crippen LogP contribution in [-0.4, -0.2) is 40.2 Å². The van der Waals surface area contributed by atoms with Crippen LogP contribution in [-0.2, 0) is 15.1 Å². The number of thioether (sulfide) groups is 2. The molecule has 3 nitrogen and oxygen atoms in total. The Morgan fingerprint density at radius 1 is 0.811 bits per heavy atom. The van der Waals surface area contributed by atoms with Crippen LogP contribution in [0.1, 0.15) is 72.8 Å². The second-order valence-corrected chi connectivity index (χ2v) is 17.4. The lowest BCUT2D eigenvalue weighted by Crippen LogP contribution is -2.60. The predicted octanol–water partition coefficient (Wildman–Crippen LogP) is 7.43. The minimum atomic E-state index is -0.883. The Labute approximate surface area is 233 Å². The zero-order valence-corrected chi connectivity index (χ0v) is 25.3. The van der Waals surface area contributed by atoms with Crippen LogP contribution in [0.2, 0.25) is 0 Å². The maximum absolute atomic E-state index is 12.7. The highest BCUT2D eigenvalue weighted by Crippen LogP contribution is 2.67. The maximum Gasteiger partial charge on any atom is 0.146 e. The van der Waals surface area contributed by atoms with Crippen LogP contribution in [0.5, 0.6) is 0 Å². The lowest BCUT2D eigenvalue weighted by molar-refractivity contribution is -0.158. The first-order chi connectivity index (χ1) is 17.5. The average Bonchev–Trinajstić information content (AvgIpc) is 2.87. The van der Waals surface area contributed by atoms with Crippen LogP contribution >= 0.6 is 23.5 Å². The second kappa shape index (κ2) is 9.72. The van der Waals surface area contributed by atoms with Crippen molar-refractivity contribution in [3.05, 3.63) is 35.9 Å². The summed E-state index contributed by atoms with van der Waals surface area (Å²) in [7, 11) is 0. The molecule has 1 saturated heterocycles. The van der Waals surface area contributed by atoms with E-state index in [1.165, 1.54) is 25.7 Å². The standard InChI is InChI=1S/C32H48O3S2/c1-19(2)32(33,20-10-8-7-9-11-20)29-36-27-14-21-12-25(30(21,3)4)23(27)16-34-18-35-17-24-26-13-22(31(26,5)6)15-28(24)37-29/h7-11,19,21-29,33H,12-18H2,1-6H3/t21-,22-,23+,24+,25+,26+,27+,28+,32-/m1/s1. The molecule has 1 aromatic rings. The molecule has 0 radical (unpaired) electrons. The predicted molar refractivity (Wildman–Crippen MR) is 155 cm³/mol. The third-order valence-electron chi connectivity index (χ3n) is 12.0. The van der Waals surface area contributed by atoms with Gasteiger partial charge in [-0.3, -0.25) is 0 Å². The fraction of sp³-hybridized carbons (Fsp3) is 0.812. The number of hydrogen-bond acceptors (Lipinski definition) is 5. The van der Waals surface area contributed by atoms with Gasteiger partial charge in [-0.15, -0.1) is 23.5 Å². The molecule has 1 aromatic carbocycles. The Balaban J connectivity index is 1.37. The monoisotopic (exact) mass is 544 g/mol. The first-order valence-corrected chi connectivity index (χ1v) is 16.7. The van der Waals surface area contributed by atoms with Gasteiger partial charge in [0.15, 0.2) is 0 Å². The highest BCUT2D eigenvalue weighted by Gasteiger charge is 2.61. The largest absolute Gasteiger partial charge is 0.383 e. The van der Waals surface area contributed by atoms with Crippen LogP contribution in [0.4, 0.5) is 0 Å². The highest BCUT2D eigenvalue weighted by molar-refractivity contribution is 8.17. The van der Waals surface area contributed by atoms with Crippen molar-refractivity contribution in [2.24, 2.45) is 52.3 Å². The molecule has 8 rings (SSSR count). The Morgan fingerprint density at radius 3 is 1.73 bits per heavy atom. The molecule has 5 heteroatoms. The van der Waals surface area contributed by atoms with E-state index in [-0.39, 0.29) is 10.5 Å². The van der Waals surface area contributed by atoms with Crippen LogP contribution in [0.25, 0.3) is 0 Å². The zero-order chi connectivity index (χ0) is 26.2. The molecule has 1 heterocycles. The summed E-state index contributed by atoms with van der Waals surface area (Å²) in [5, 5.41) is 13.8. The molecule has 9 atom stereocenters. The zero-order valence-electron chi connectivity index (χ0n) is 23.7. The Bertz CT molecular complexity index is 916. The molecule has 0 amide bonds. The number of aliphatic hydroxyl groups is 1. The highest BCUT2D eigenvalue weighted by atomic mass is 32.2. The van der Waals surface area contributed by atoms with E-state index in [0.717, 1.165) is 30.6 Å². The topological polar surface area (TPSA) is 38.7 Å². The van der Waals surface area contributed by atoms with Crippen molar-refractivity contribution in [3.63, 3.8) is 0 Å². The van der Waals surface area contributed by atoms with E-state index in [1.807, 2.05) is 0 Å². The third-order valence-corrected chi connectivity index (χ3v) is 15.6. The Kier molecular flexibility index (Phi) is 7.09. The van der Waals surface area contributed by atoms with Gasteiger partial charge in [0.1, 0.15) is 12.4 Å². The van der Waals surface area contributed by atoms with Crippen molar-refractivity contribution < 1.29 is 14.6 Å². The van der Waals surface area contributed by atoms with E-state index in [2.05, 4.69) is 95.4 Å².